The van der Waals surface area contributed by atoms with Crippen molar-refractivity contribution in [2.24, 2.45) is 5.73 Å². The first-order chi connectivity index (χ1) is 7.22. The lowest BCUT2D eigenvalue weighted by Gasteiger charge is -2.07. The summed E-state index contributed by atoms with van der Waals surface area (Å²) in [4.78, 5) is 0. The van der Waals surface area contributed by atoms with Crippen LogP contribution in [0.15, 0.2) is 24.3 Å². The molecular formula is C12H19NOS. The molecular weight excluding hydrogens is 206 g/mol. The Morgan fingerprint density at radius 2 is 1.93 bits per heavy atom. The van der Waals surface area contributed by atoms with E-state index in [4.69, 9.17) is 10.5 Å². The van der Waals surface area contributed by atoms with E-state index in [2.05, 4.69) is 13.8 Å². The summed E-state index contributed by atoms with van der Waals surface area (Å²) in [7, 11) is 0. The van der Waals surface area contributed by atoms with E-state index in [9.17, 15) is 0 Å². The molecule has 0 saturated carbocycles. The van der Waals surface area contributed by atoms with Gasteiger partial charge in [-0.15, -0.1) is 0 Å². The molecule has 1 aromatic carbocycles. The van der Waals surface area contributed by atoms with Crippen molar-refractivity contribution in [1.29, 1.82) is 0 Å². The van der Waals surface area contributed by atoms with Crippen LogP contribution in [0.3, 0.4) is 0 Å². The summed E-state index contributed by atoms with van der Waals surface area (Å²) < 4.78 is 5.59. The topological polar surface area (TPSA) is 35.2 Å². The lowest BCUT2D eigenvalue weighted by molar-refractivity contribution is 0.344. The molecule has 3 heteroatoms. The number of benzene rings is 1. The van der Waals surface area contributed by atoms with Gasteiger partial charge in [0.1, 0.15) is 5.75 Å². The van der Waals surface area contributed by atoms with Gasteiger partial charge in [0, 0.05) is 12.3 Å². The summed E-state index contributed by atoms with van der Waals surface area (Å²) in [5.74, 6) is 1.97. The van der Waals surface area contributed by atoms with Gasteiger partial charge >= 0.3 is 0 Å². The molecule has 0 heterocycles. The van der Waals surface area contributed by atoms with Gasteiger partial charge in [-0.2, -0.15) is 11.8 Å². The minimum absolute atomic E-state index is 0.587. The lowest BCUT2D eigenvalue weighted by Crippen LogP contribution is -2.03. The van der Waals surface area contributed by atoms with Crippen molar-refractivity contribution in [3.8, 4) is 5.75 Å². The van der Waals surface area contributed by atoms with Gasteiger partial charge in [-0.05, 0) is 22.9 Å². The number of hydrogen-bond donors (Lipinski definition) is 1. The van der Waals surface area contributed by atoms with Gasteiger partial charge in [-0.3, -0.25) is 0 Å². The van der Waals surface area contributed by atoms with E-state index in [-0.39, 0.29) is 0 Å². The SMILES string of the molecule is CC(C)SCCOc1ccc(CN)cc1. The van der Waals surface area contributed by atoms with Crippen LogP contribution < -0.4 is 10.5 Å². The minimum Gasteiger partial charge on any atom is -0.493 e. The van der Waals surface area contributed by atoms with E-state index in [0.29, 0.717) is 11.8 Å². The Kier molecular flexibility index (Phi) is 5.58. The molecule has 0 bridgehead atoms. The summed E-state index contributed by atoms with van der Waals surface area (Å²) in [6.45, 7) is 5.75. The molecule has 1 rings (SSSR count). The molecule has 84 valence electrons. The fourth-order valence-electron chi connectivity index (χ4n) is 1.17. The van der Waals surface area contributed by atoms with Crippen molar-refractivity contribution in [3.05, 3.63) is 29.8 Å². The molecule has 0 atom stereocenters. The molecule has 0 aliphatic heterocycles. The van der Waals surface area contributed by atoms with E-state index < -0.39 is 0 Å². The predicted molar refractivity (Wildman–Crippen MR) is 67.4 cm³/mol. The summed E-state index contributed by atoms with van der Waals surface area (Å²) in [6, 6.07) is 7.96. The van der Waals surface area contributed by atoms with Crippen LogP contribution in [0.2, 0.25) is 0 Å². The van der Waals surface area contributed by atoms with Gasteiger partial charge in [0.25, 0.3) is 0 Å². The standard InChI is InChI=1S/C12H19NOS/c1-10(2)15-8-7-14-12-5-3-11(9-13)4-6-12/h3-6,10H,7-9,13H2,1-2H3. The highest BCUT2D eigenvalue weighted by Gasteiger charge is 1.96. The highest BCUT2D eigenvalue weighted by molar-refractivity contribution is 7.99. The van der Waals surface area contributed by atoms with Gasteiger partial charge < -0.3 is 10.5 Å². The molecule has 1 aromatic rings. The Hall–Kier alpha value is -0.670. The average Bonchev–Trinajstić information content (AvgIpc) is 2.25. The second kappa shape index (κ2) is 6.75. The predicted octanol–water partition coefficient (Wildman–Crippen LogP) is 2.67. The molecule has 0 aliphatic carbocycles. The second-order valence-corrected chi connectivity index (χ2v) is 5.30. The molecule has 2 N–H and O–H groups in total. The van der Waals surface area contributed by atoms with Crippen LogP contribution in [0.4, 0.5) is 0 Å². The van der Waals surface area contributed by atoms with Crippen molar-refractivity contribution in [2.45, 2.75) is 25.6 Å². The first-order valence-electron chi connectivity index (χ1n) is 5.26. The maximum absolute atomic E-state index is 5.59. The van der Waals surface area contributed by atoms with Crippen LogP contribution in [0, 0.1) is 0 Å². The Morgan fingerprint density at radius 3 is 2.47 bits per heavy atom. The number of thioether (sulfide) groups is 1. The molecule has 0 radical (unpaired) electrons. The normalized spacial score (nSPS) is 10.7. The van der Waals surface area contributed by atoms with E-state index >= 15 is 0 Å². The summed E-state index contributed by atoms with van der Waals surface area (Å²) >= 11 is 1.91. The molecule has 0 spiro atoms. The van der Waals surface area contributed by atoms with Crippen LogP contribution in [0.1, 0.15) is 19.4 Å². The van der Waals surface area contributed by atoms with Gasteiger partial charge in [0.2, 0.25) is 0 Å². The van der Waals surface area contributed by atoms with Gasteiger partial charge in [-0.25, -0.2) is 0 Å². The zero-order valence-electron chi connectivity index (χ0n) is 9.40. The van der Waals surface area contributed by atoms with Crippen molar-refractivity contribution >= 4 is 11.8 Å². The van der Waals surface area contributed by atoms with Crippen LogP contribution in [-0.4, -0.2) is 17.6 Å². The molecule has 0 fully saturated rings. The van der Waals surface area contributed by atoms with Crippen LogP contribution in [0.5, 0.6) is 5.75 Å². The molecule has 15 heavy (non-hydrogen) atoms. The maximum Gasteiger partial charge on any atom is 0.119 e. The summed E-state index contributed by atoms with van der Waals surface area (Å²) in [5.41, 5.74) is 6.65. The third-order valence-electron chi connectivity index (χ3n) is 1.96. The molecule has 0 aromatic heterocycles. The average molecular weight is 225 g/mol. The van der Waals surface area contributed by atoms with Gasteiger partial charge in [0.15, 0.2) is 0 Å². The Morgan fingerprint density at radius 1 is 1.27 bits per heavy atom. The highest BCUT2D eigenvalue weighted by Crippen LogP contribution is 2.13. The molecule has 0 unspecified atom stereocenters. The first kappa shape index (κ1) is 12.4. The van der Waals surface area contributed by atoms with Crippen molar-refractivity contribution in [2.75, 3.05) is 12.4 Å². The fourth-order valence-corrected chi connectivity index (χ4v) is 1.82. The zero-order chi connectivity index (χ0) is 11.1. The number of ether oxygens (including phenoxy) is 1. The Labute approximate surface area is 96.2 Å². The number of rotatable bonds is 6. The number of nitrogens with two attached hydrogens (primary N) is 1. The van der Waals surface area contributed by atoms with Crippen molar-refractivity contribution in [1.82, 2.24) is 0 Å². The maximum atomic E-state index is 5.59. The first-order valence-corrected chi connectivity index (χ1v) is 6.30. The monoisotopic (exact) mass is 225 g/mol. The van der Waals surface area contributed by atoms with E-state index in [1.54, 1.807) is 0 Å². The van der Waals surface area contributed by atoms with Gasteiger partial charge in [-0.1, -0.05) is 26.0 Å². The quantitative estimate of drug-likeness (QED) is 0.756. The van der Waals surface area contributed by atoms with E-state index in [0.717, 1.165) is 23.7 Å². The van der Waals surface area contributed by atoms with Crippen molar-refractivity contribution < 1.29 is 4.74 Å². The Balaban J connectivity index is 2.25. The van der Waals surface area contributed by atoms with E-state index in [1.807, 2.05) is 36.0 Å². The summed E-state index contributed by atoms with van der Waals surface area (Å²) in [6.07, 6.45) is 0. The third-order valence-corrected chi connectivity index (χ3v) is 3.03. The zero-order valence-corrected chi connectivity index (χ0v) is 10.2. The second-order valence-electron chi connectivity index (χ2n) is 3.62. The molecule has 0 aliphatic rings. The van der Waals surface area contributed by atoms with Crippen molar-refractivity contribution in [3.63, 3.8) is 0 Å². The van der Waals surface area contributed by atoms with Crippen LogP contribution >= 0.6 is 11.8 Å². The van der Waals surface area contributed by atoms with Crippen LogP contribution in [0.25, 0.3) is 0 Å². The lowest BCUT2D eigenvalue weighted by atomic mass is 10.2. The van der Waals surface area contributed by atoms with E-state index in [1.165, 1.54) is 0 Å². The molecule has 0 saturated heterocycles. The molecule has 2 nitrogen and oxygen atoms in total. The summed E-state index contributed by atoms with van der Waals surface area (Å²) in [5, 5.41) is 0.674. The largest absolute Gasteiger partial charge is 0.493 e. The minimum atomic E-state index is 0.587. The molecule has 0 amide bonds. The van der Waals surface area contributed by atoms with Crippen LogP contribution in [-0.2, 0) is 6.54 Å². The smallest absolute Gasteiger partial charge is 0.119 e. The number of hydrogen-bond acceptors (Lipinski definition) is 3. The van der Waals surface area contributed by atoms with Gasteiger partial charge in [0.05, 0.1) is 6.61 Å². The highest BCUT2D eigenvalue weighted by atomic mass is 32.2. The Bertz CT molecular complexity index is 271. The third kappa shape index (κ3) is 5.09. The fraction of sp³-hybridized carbons (Fsp3) is 0.500.